The van der Waals surface area contributed by atoms with Crippen molar-refractivity contribution >= 4 is 15.9 Å². The maximum atomic E-state index is 12.7. The van der Waals surface area contributed by atoms with Crippen molar-refractivity contribution in [3.05, 3.63) is 65.7 Å². The van der Waals surface area contributed by atoms with Crippen molar-refractivity contribution in [1.29, 1.82) is 0 Å². The van der Waals surface area contributed by atoms with Gasteiger partial charge in [0.2, 0.25) is 0 Å². The summed E-state index contributed by atoms with van der Waals surface area (Å²) in [6.07, 6.45) is 1.20. The maximum absolute atomic E-state index is 12.7. The predicted octanol–water partition coefficient (Wildman–Crippen LogP) is 1.86. The highest BCUT2D eigenvalue weighted by atomic mass is 32.2. The first-order valence-electron chi connectivity index (χ1n) is 10.7. The van der Waals surface area contributed by atoms with E-state index in [1.165, 1.54) is 6.26 Å². The quantitative estimate of drug-likeness (QED) is 0.734. The molecule has 32 heavy (non-hydrogen) atoms. The van der Waals surface area contributed by atoms with Crippen molar-refractivity contribution < 1.29 is 22.7 Å². The van der Waals surface area contributed by atoms with E-state index in [0.29, 0.717) is 50.8 Å². The Balaban J connectivity index is 1.35. The van der Waals surface area contributed by atoms with Crippen molar-refractivity contribution in [2.75, 3.05) is 45.6 Å². The molecule has 0 bridgehead atoms. The number of ether oxygens (including phenoxy) is 2. The van der Waals surface area contributed by atoms with Crippen LogP contribution in [0.5, 0.6) is 0 Å². The molecule has 172 valence electrons. The van der Waals surface area contributed by atoms with Crippen LogP contribution in [0.1, 0.15) is 11.1 Å². The maximum Gasteiger partial charge on any atom is 0.317 e. The summed E-state index contributed by atoms with van der Waals surface area (Å²) in [7, 11) is -3.21. The van der Waals surface area contributed by atoms with E-state index in [0.717, 1.165) is 17.7 Å². The van der Waals surface area contributed by atoms with Crippen LogP contribution < -0.4 is 5.32 Å². The van der Waals surface area contributed by atoms with Gasteiger partial charge in [-0.2, -0.15) is 0 Å². The molecule has 1 unspecified atom stereocenters. The fraction of sp³-hybridized carbons (Fsp3) is 0.435. The predicted molar refractivity (Wildman–Crippen MR) is 120 cm³/mol. The van der Waals surface area contributed by atoms with Gasteiger partial charge >= 0.3 is 6.03 Å². The molecule has 4 rings (SSSR count). The lowest BCUT2D eigenvalue weighted by Gasteiger charge is -2.47. The Bertz CT molecular complexity index is 1030. The number of hydrogen-bond donors (Lipinski definition) is 1. The van der Waals surface area contributed by atoms with Gasteiger partial charge in [-0.15, -0.1) is 0 Å². The van der Waals surface area contributed by atoms with E-state index in [4.69, 9.17) is 9.47 Å². The van der Waals surface area contributed by atoms with Crippen molar-refractivity contribution in [2.24, 2.45) is 0 Å². The topological polar surface area (TPSA) is 88.2 Å². The molecule has 2 aromatic carbocycles. The molecule has 2 aliphatic heterocycles. The molecule has 1 N–H and O–H groups in total. The molecule has 2 aliphatic rings. The fourth-order valence-corrected chi connectivity index (χ4v) is 4.69. The van der Waals surface area contributed by atoms with Crippen molar-refractivity contribution in [1.82, 2.24) is 15.1 Å². The number of nitrogens with one attached hydrogen (secondary N) is 1. The molecule has 2 heterocycles. The second-order valence-electron chi connectivity index (χ2n) is 8.30. The Kier molecular flexibility index (Phi) is 6.80. The number of sulfone groups is 1. The summed E-state index contributed by atoms with van der Waals surface area (Å²) in [5, 5.41) is 2.97. The molecule has 0 aliphatic carbocycles. The highest BCUT2D eigenvalue weighted by Crippen LogP contribution is 2.26. The standard InChI is InChI=1S/C23H29N3O5S/c1-32(28,29)21-9-7-20(8-10-21)16-25-11-13-30-23(17-25)18-26(12-14-31-23)22(27)24-15-19-5-3-2-4-6-19/h2-10H,11-18H2,1H3,(H,24,27). The third kappa shape index (κ3) is 5.66. The first-order chi connectivity index (χ1) is 15.3. The van der Waals surface area contributed by atoms with Gasteiger partial charge in [0.15, 0.2) is 15.6 Å². The average Bonchev–Trinajstić information content (AvgIpc) is 2.78. The zero-order valence-corrected chi connectivity index (χ0v) is 19.0. The third-order valence-electron chi connectivity index (χ3n) is 5.73. The molecule has 8 nitrogen and oxygen atoms in total. The highest BCUT2D eigenvalue weighted by Gasteiger charge is 2.43. The molecule has 2 amide bonds. The molecule has 0 radical (unpaired) electrons. The van der Waals surface area contributed by atoms with Crippen molar-refractivity contribution in [2.45, 2.75) is 23.8 Å². The zero-order valence-electron chi connectivity index (χ0n) is 18.2. The number of urea groups is 1. The first-order valence-corrected chi connectivity index (χ1v) is 12.6. The van der Waals surface area contributed by atoms with E-state index >= 15 is 0 Å². The second-order valence-corrected chi connectivity index (χ2v) is 10.3. The number of benzene rings is 2. The van der Waals surface area contributed by atoms with Crippen LogP contribution >= 0.6 is 0 Å². The summed E-state index contributed by atoms with van der Waals surface area (Å²) >= 11 is 0. The lowest BCUT2D eigenvalue weighted by atomic mass is 10.1. The van der Waals surface area contributed by atoms with Gasteiger partial charge < -0.3 is 19.7 Å². The van der Waals surface area contributed by atoms with Crippen molar-refractivity contribution in [3.8, 4) is 0 Å². The minimum absolute atomic E-state index is 0.131. The van der Waals surface area contributed by atoms with Gasteiger partial charge in [0.25, 0.3) is 0 Å². The van der Waals surface area contributed by atoms with Gasteiger partial charge in [-0.1, -0.05) is 42.5 Å². The Morgan fingerprint density at radius 1 is 0.969 bits per heavy atom. The van der Waals surface area contributed by atoms with Crippen LogP contribution in [0.25, 0.3) is 0 Å². The van der Waals surface area contributed by atoms with Gasteiger partial charge in [-0.25, -0.2) is 13.2 Å². The smallest absolute Gasteiger partial charge is 0.317 e. The van der Waals surface area contributed by atoms with Crippen LogP contribution in [0.15, 0.2) is 59.5 Å². The Labute approximate surface area is 189 Å². The van der Waals surface area contributed by atoms with E-state index in [1.807, 2.05) is 42.5 Å². The summed E-state index contributed by atoms with van der Waals surface area (Å²) in [6.45, 7) is 4.17. The van der Waals surface area contributed by atoms with Crippen molar-refractivity contribution in [3.63, 3.8) is 0 Å². The summed E-state index contributed by atoms with van der Waals surface area (Å²) < 4.78 is 35.4. The fourth-order valence-electron chi connectivity index (χ4n) is 4.06. The molecule has 2 fully saturated rings. The average molecular weight is 460 g/mol. The summed E-state index contributed by atoms with van der Waals surface area (Å²) in [4.78, 5) is 17.0. The van der Waals surface area contributed by atoms with Gasteiger partial charge in [0, 0.05) is 32.4 Å². The number of hydrogen-bond acceptors (Lipinski definition) is 6. The minimum Gasteiger partial charge on any atom is -0.346 e. The zero-order chi connectivity index (χ0) is 22.6. The van der Waals surface area contributed by atoms with E-state index < -0.39 is 15.6 Å². The molecular weight excluding hydrogens is 430 g/mol. The Morgan fingerprint density at radius 2 is 1.66 bits per heavy atom. The van der Waals surface area contributed by atoms with Crippen LogP contribution in [0.3, 0.4) is 0 Å². The Hall–Kier alpha value is -2.46. The van der Waals surface area contributed by atoms with Crippen LogP contribution in [-0.2, 0) is 32.4 Å². The lowest BCUT2D eigenvalue weighted by molar-refractivity contribution is -0.287. The number of amides is 2. The van der Waals surface area contributed by atoms with Gasteiger partial charge in [-0.05, 0) is 23.3 Å². The molecule has 1 atom stereocenters. The van der Waals surface area contributed by atoms with Crippen LogP contribution in [0, 0.1) is 0 Å². The first kappa shape index (κ1) is 22.7. The van der Waals surface area contributed by atoms with Crippen LogP contribution in [-0.4, -0.2) is 75.7 Å². The summed E-state index contributed by atoms with van der Waals surface area (Å²) in [5.74, 6) is -0.854. The number of rotatable bonds is 5. The molecule has 2 saturated heterocycles. The van der Waals surface area contributed by atoms with E-state index in [1.54, 1.807) is 17.0 Å². The molecule has 9 heteroatoms. The number of morpholine rings is 2. The molecule has 0 aromatic heterocycles. The lowest BCUT2D eigenvalue weighted by Crippen LogP contribution is -2.63. The monoisotopic (exact) mass is 459 g/mol. The van der Waals surface area contributed by atoms with Gasteiger partial charge in [0.05, 0.1) is 31.2 Å². The number of carbonyl (C=O) groups is 1. The highest BCUT2D eigenvalue weighted by molar-refractivity contribution is 7.90. The van der Waals surface area contributed by atoms with E-state index in [9.17, 15) is 13.2 Å². The van der Waals surface area contributed by atoms with Crippen LogP contribution in [0.4, 0.5) is 4.79 Å². The number of carbonyl (C=O) groups excluding carboxylic acids is 1. The number of nitrogens with zero attached hydrogens (tertiary/aromatic N) is 2. The summed E-state index contributed by atoms with van der Waals surface area (Å²) in [5.41, 5.74) is 2.06. The normalized spacial score (nSPS) is 22.1. The molecular formula is C23H29N3O5S. The second kappa shape index (κ2) is 9.58. The molecule has 0 saturated carbocycles. The molecule has 1 spiro atoms. The van der Waals surface area contributed by atoms with Crippen LogP contribution in [0.2, 0.25) is 0 Å². The van der Waals surface area contributed by atoms with Gasteiger partial charge in [0.1, 0.15) is 0 Å². The largest absolute Gasteiger partial charge is 0.346 e. The molecule has 2 aromatic rings. The Morgan fingerprint density at radius 3 is 2.34 bits per heavy atom. The third-order valence-corrected chi connectivity index (χ3v) is 6.86. The van der Waals surface area contributed by atoms with E-state index in [2.05, 4.69) is 10.2 Å². The van der Waals surface area contributed by atoms with E-state index in [-0.39, 0.29) is 6.03 Å². The SMILES string of the molecule is CS(=O)(=O)c1ccc(CN2CCOC3(C2)CN(C(=O)NCc2ccccc2)CCO3)cc1. The summed E-state index contributed by atoms with van der Waals surface area (Å²) in [6, 6.07) is 16.6. The van der Waals surface area contributed by atoms with Gasteiger partial charge in [-0.3, -0.25) is 4.90 Å². The minimum atomic E-state index is -3.21.